The van der Waals surface area contributed by atoms with Gasteiger partial charge in [-0.2, -0.15) is 0 Å². The van der Waals surface area contributed by atoms with Crippen molar-refractivity contribution in [3.8, 4) is 11.3 Å². The minimum absolute atomic E-state index is 0.0284. The number of thioether (sulfide) groups is 1. The second-order valence-corrected chi connectivity index (χ2v) is 11.4. The summed E-state index contributed by atoms with van der Waals surface area (Å²) >= 11 is 1.39. The number of fused-ring (bicyclic) bond motifs is 4. The lowest BCUT2D eigenvalue weighted by molar-refractivity contribution is -0.129. The van der Waals surface area contributed by atoms with E-state index in [1.54, 1.807) is 10.8 Å². The summed E-state index contributed by atoms with van der Waals surface area (Å²) in [6, 6.07) is 12.1. The molecule has 0 atom stereocenters. The van der Waals surface area contributed by atoms with E-state index in [2.05, 4.69) is 18.2 Å². The van der Waals surface area contributed by atoms with Crippen molar-refractivity contribution in [3.63, 3.8) is 0 Å². The predicted molar refractivity (Wildman–Crippen MR) is 141 cm³/mol. The van der Waals surface area contributed by atoms with Gasteiger partial charge in [0.25, 0.3) is 5.56 Å². The highest BCUT2D eigenvalue weighted by Gasteiger charge is 2.43. The molecule has 6 rings (SSSR count). The summed E-state index contributed by atoms with van der Waals surface area (Å²) in [6.45, 7) is 1.97. The Kier molecular flexibility index (Phi) is 6.50. The number of hydrogen-bond donors (Lipinski definition) is 0. The molecule has 1 amide bonds. The largest absolute Gasteiger partial charge is 0.467 e. The minimum Gasteiger partial charge on any atom is -0.467 e. The van der Waals surface area contributed by atoms with Gasteiger partial charge in [-0.05, 0) is 56.2 Å². The van der Waals surface area contributed by atoms with Gasteiger partial charge in [0.05, 0.1) is 29.8 Å². The number of carbonyl (C=O) groups is 1. The van der Waals surface area contributed by atoms with E-state index in [-0.39, 0.29) is 22.6 Å². The summed E-state index contributed by atoms with van der Waals surface area (Å²) in [5.74, 6) is 1.13. The van der Waals surface area contributed by atoms with Crippen LogP contribution in [0.15, 0.2) is 57.0 Å². The Balaban J connectivity index is 1.45. The zero-order valence-corrected chi connectivity index (χ0v) is 21.5. The Morgan fingerprint density at radius 1 is 1.00 bits per heavy atom. The molecule has 1 saturated heterocycles. The molecule has 1 spiro atoms. The lowest BCUT2D eigenvalue weighted by Crippen LogP contribution is -2.43. The molecule has 1 saturated carbocycles. The topological polar surface area (TPSA) is 68.3 Å². The smallest absolute Gasteiger partial charge is 0.258 e. The maximum Gasteiger partial charge on any atom is 0.258 e. The van der Waals surface area contributed by atoms with Crippen LogP contribution in [0.5, 0.6) is 0 Å². The number of aromatic nitrogens is 2. The van der Waals surface area contributed by atoms with Crippen LogP contribution in [0.25, 0.3) is 11.3 Å². The minimum atomic E-state index is -0.163. The molecule has 2 fully saturated rings. The van der Waals surface area contributed by atoms with Gasteiger partial charge in [-0.1, -0.05) is 55.3 Å². The number of furan rings is 1. The molecule has 7 heteroatoms. The van der Waals surface area contributed by atoms with Crippen LogP contribution in [0.1, 0.15) is 68.3 Å². The van der Waals surface area contributed by atoms with Crippen molar-refractivity contribution in [1.82, 2.24) is 14.5 Å². The van der Waals surface area contributed by atoms with E-state index in [0.717, 1.165) is 80.6 Å². The molecule has 2 aromatic heterocycles. The summed E-state index contributed by atoms with van der Waals surface area (Å²) < 4.78 is 7.39. The molecule has 36 heavy (non-hydrogen) atoms. The average Bonchev–Trinajstić information content (AvgIpc) is 3.43. The summed E-state index contributed by atoms with van der Waals surface area (Å²) in [7, 11) is 0. The average molecular weight is 504 g/mol. The molecule has 1 aromatic carbocycles. The highest BCUT2D eigenvalue weighted by molar-refractivity contribution is 7.99. The Morgan fingerprint density at radius 3 is 2.56 bits per heavy atom. The van der Waals surface area contributed by atoms with Gasteiger partial charge >= 0.3 is 0 Å². The molecule has 0 N–H and O–H groups in total. The van der Waals surface area contributed by atoms with Gasteiger partial charge in [0.1, 0.15) is 5.76 Å². The lowest BCUT2D eigenvalue weighted by atomic mass is 9.62. The normalized spacial score (nSPS) is 18.6. The van der Waals surface area contributed by atoms with E-state index in [9.17, 15) is 9.59 Å². The second kappa shape index (κ2) is 9.92. The number of piperidine rings is 1. The molecule has 6 nitrogen and oxygen atoms in total. The standard InChI is InChI=1S/C29H33N3O3S/c33-24(31-15-7-2-8-16-31)20-36-28-30-26-23-12-4-3-10-21(23)18-29(13-5-1-6-14-29)25(26)27(34)32(28)19-22-11-9-17-35-22/h3-4,9-12,17H,1-2,5-8,13-16,18-20H2. The van der Waals surface area contributed by atoms with E-state index >= 15 is 0 Å². The zero-order valence-electron chi connectivity index (χ0n) is 20.7. The predicted octanol–water partition coefficient (Wildman–Crippen LogP) is 5.41. The van der Waals surface area contributed by atoms with E-state index in [1.165, 1.54) is 30.2 Å². The molecule has 0 bridgehead atoms. The van der Waals surface area contributed by atoms with Gasteiger partial charge < -0.3 is 9.32 Å². The van der Waals surface area contributed by atoms with Crippen LogP contribution in [0.4, 0.5) is 0 Å². The number of nitrogens with zero attached hydrogens (tertiary/aromatic N) is 3. The fraction of sp³-hybridized carbons (Fsp3) is 0.483. The van der Waals surface area contributed by atoms with Crippen LogP contribution in [0.2, 0.25) is 0 Å². The maximum atomic E-state index is 14.4. The number of likely N-dealkylation sites (tertiary alicyclic amines) is 1. The Labute approximate surface area is 216 Å². The number of rotatable bonds is 5. The van der Waals surface area contributed by atoms with Crippen LogP contribution in [0.3, 0.4) is 0 Å². The molecule has 188 valence electrons. The molecule has 3 heterocycles. The first-order chi connectivity index (χ1) is 17.6. The third kappa shape index (κ3) is 4.32. The molecule has 1 aliphatic heterocycles. The van der Waals surface area contributed by atoms with Crippen molar-refractivity contribution in [2.75, 3.05) is 18.8 Å². The molecular weight excluding hydrogens is 470 g/mol. The van der Waals surface area contributed by atoms with Crippen LogP contribution in [-0.2, 0) is 23.2 Å². The SMILES string of the molecule is O=C(CSc1nc2c(c(=O)n1Cc1ccco1)C1(CCCCC1)Cc1ccccc1-2)N1CCCCC1. The van der Waals surface area contributed by atoms with E-state index in [4.69, 9.17) is 9.40 Å². The first-order valence-corrected chi connectivity index (χ1v) is 14.3. The highest BCUT2D eigenvalue weighted by atomic mass is 32.2. The summed E-state index contributed by atoms with van der Waals surface area (Å²) in [5.41, 5.74) is 3.91. The van der Waals surface area contributed by atoms with Crippen molar-refractivity contribution in [2.24, 2.45) is 0 Å². The molecule has 0 radical (unpaired) electrons. The summed E-state index contributed by atoms with van der Waals surface area (Å²) in [4.78, 5) is 34.5. The Hall–Kier alpha value is -2.80. The maximum absolute atomic E-state index is 14.4. The number of carbonyl (C=O) groups excluding carboxylic acids is 1. The van der Waals surface area contributed by atoms with Crippen LogP contribution in [-0.4, -0.2) is 39.2 Å². The molecule has 3 aromatic rings. The quantitative estimate of drug-likeness (QED) is 0.344. The summed E-state index contributed by atoms with van der Waals surface area (Å²) in [6.07, 6.45) is 11.4. The van der Waals surface area contributed by atoms with Crippen molar-refractivity contribution >= 4 is 17.7 Å². The molecular formula is C29H33N3O3S. The first kappa shape index (κ1) is 23.6. The van der Waals surface area contributed by atoms with Crippen molar-refractivity contribution < 1.29 is 9.21 Å². The first-order valence-electron chi connectivity index (χ1n) is 13.3. The van der Waals surface area contributed by atoms with Gasteiger partial charge in [-0.15, -0.1) is 0 Å². The number of hydrogen-bond acceptors (Lipinski definition) is 5. The van der Waals surface area contributed by atoms with Crippen molar-refractivity contribution in [3.05, 3.63) is 69.9 Å². The lowest BCUT2D eigenvalue weighted by Gasteiger charge is -2.42. The monoisotopic (exact) mass is 503 g/mol. The Bertz CT molecular complexity index is 1300. The fourth-order valence-electron chi connectivity index (χ4n) is 6.39. The number of benzene rings is 1. The molecule has 2 aliphatic carbocycles. The second-order valence-electron chi connectivity index (χ2n) is 10.5. The van der Waals surface area contributed by atoms with Crippen LogP contribution >= 0.6 is 11.8 Å². The summed E-state index contributed by atoms with van der Waals surface area (Å²) in [5, 5.41) is 0.600. The van der Waals surface area contributed by atoms with Gasteiger partial charge in [0, 0.05) is 24.1 Å². The third-order valence-corrected chi connectivity index (χ3v) is 9.17. The van der Waals surface area contributed by atoms with E-state index < -0.39 is 0 Å². The van der Waals surface area contributed by atoms with Crippen LogP contribution in [0, 0.1) is 0 Å². The fourth-order valence-corrected chi connectivity index (χ4v) is 7.28. The van der Waals surface area contributed by atoms with E-state index in [0.29, 0.717) is 11.7 Å². The van der Waals surface area contributed by atoms with Gasteiger partial charge in [-0.25, -0.2) is 4.98 Å². The molecule has 0 unspecified atom stereocenters. The van der Waals surface area contributed by atoms with Crippen molar-refractivity contribution in [2.45, 2.75) is 74.9 Å². The highest BCUT2D eigenvalue weighted by Crippen LogP contribution is 2.48. The number of amides is 1. The van der Waals surface area contributed by atoms with Crippen LogP contribution < -0.4 is 5.56 Å². The van der Waals surface area contributed by atoms with Gasteiger partial charge in [0.2, 0.25) is 5.91 Å². The third-order valence-electron chi connectivity index (χ3n) is 8.20. The van der Waals surface area contributed by atoms with Gasteiger partial charge in [-0.3, -0.25) is 14.2 Å². The van der Waals surface area contributed by atoms with Gasteiger partial charge in [0.15, 0.2) is 5.16 Å². The van der Waals surface area contributed by atoms with Crippen molar-refractivity contribution in [1.29, 1.82) is 0 Å². The Morgan fingerprint density at radius 2 is 1.78 bits per heavy atom. The van der Waals surface area contributed by atoms with E-state index in [1.807, 2.05) is 23.1 Å². The zero-order chi connectivity index (χ0) is 24.5. The molecule has 3 aliphatic rings.